The van der Waals surface area contributed by atoms with Crippen LogP contribution in [-0.4, -0.2) is 54.4 Å². The van der Waals surface area contributed by atoms with Gasteiger partial charge in [0.05, 0.1) is 25.1 Å². The van der Waals surface area contributed by atoms with E-state index in [0.717, 1.165) is 50.1 Å². The highest BCUT2D eigenvalue weighted by molar-refractivity contribution is 7.99. The Labute approximate surface area is 158 Å². The third-order valence-electron chi connectivity index (χ3n) is 3.78. The van der Waals surface area contributed by atoms with Crippen LogP contribution in [0.25, 0.3) is 0 Å². The Balaban J connectivity index is 1.40. The fourth-order valence-corrected chi connectivity index (χ4v) is 3.45. The van der Waals surface area contributed by atoms with Gasteiger partial charge in [-0.3, -0.25) is 4.90 Å². The van der Waals surface area contributed by atoms with Gasteiger partial charge in [0.1, 0.15) is 5.03 Å². The van der Waals surface area contributed by atoms with Crippen molar-refractivity contribution in [2.45, 2.75) is 9.92 Å². The maximum Gasteiger partial charge on any atom is 0.170 e. The molecule has 3 rings (SSSR count). The second-order valence-electron chi connectivity index (χ2n) is 5.64. The SMILES string of the molecule is S=C(NCCN1CCOCC1)Nc1ccc(Sc2ccccc2)nc1. The van der Waals surface area contributed by atoms with E-state index in [2.05, 4.69) is 32.7 Å². The molecule has 132 valence electrons. The van der Waals surface area contributed by atoms with Crippen LogP contribution in [-0.2, 0) is 4.74 Å². The molecule has 1 fully saturated rings. The molecular formula is C18H22N4OS2. The minimum absolute atomic E-state index is 0.624. The minimum Gasteiger partial charge on any atom is -0.379 e. The highest BCUT2D eigenvalue weighted by atomic mass is 32.2. The molecule has 7 heteroatoms. The van der Waals surface area contributed by atoms with E-state index < -0.39 is 0 Å². The second-order valence-corrected chi connectivity index (χ2v) is 7.14. The monoisotopic (exact) mass is 374 g/mol. The smallest absolute Gasteiger partial charge is 0.170 e. The van der Waals surface area contributed by atoms with Crippen molar-refractivity contribution in [3.63, 3.8) is 0 Å². The third-order valence-corrected chi connectivity index (χ3v) is 4.98. The zero-order chi connectivity index (χ0) is 17.3. The molecule has 2 N–H and O–H groups in total. The Hall–Kier alpha value is -1.67. The van der Waals surface area contributed by atoms with Gasteiger partial charge in [-0.25, -0.2) is 4.98 Å². The quantitative estimate of drug-likeness (QED) is 0.754. The van der Waals surface area contributed by atoms with Crippen molar-refractivity contribution in [3.05, 3.63) is 48.7 Å². The third kappa shape index (κ3) is 6.28. The van der Waals surface area contributed by atoms with E-state index in [1.807, 2.05) is 30.3 Å². The first kappa shape index (κ1) is 18.1. The maximum absolute atomic E-state index is 5.34. The predicted molar refractivity (Wildman–Crippen MR) is 106 cm³/mol. The Kier molecular flexibility index (Phi) is 7.05. The van der Waals surface area contributed by atoms with Gasteiger partial charge >= 0.3 is 0 Å². The summed E-state index contributed by atoms with van der Waals surface area (Å²) in [4.78, 5) is 8.02. The highest BCUT2D eigenvalue weighted by Crippen LogP contribution is 2.25. The topological polar surface area (TPSA) is 49.4 Å². The van der Waals surface area contributed by atoms with Crippen molar-refractivity contribution >= 4 is 34.8 Å². The van der Waals surface area contributed by atoms with Crippen molar-refractivity contribution < 1.29 is 4.74 Å². The molecule has 2 heterocycles. The lowest BCUT2D eigenvalue weighted by atomic mass is 10.4. The summed E-state index contributed by atoms with van der Waals surface area (Å²) in [5.41, 5.74) is 0.890. The number of nitrogens with one attached hydrogen (secondary N) is 2. The lowest BCUT2D eigenvalue weighted by molar-refractivity contribution is 0.0389. The molecule has 0 spiro atoms. The number of thiocarbonyl (C=S) groups is 1. The van der Waals surface area contributed by atoms with Gasteiger partial charge in [0.2, 0.25) is 0 Å². The van der Waals surface area contributed by atoms with Crippen molar-refractivity contribution in [2.75, 3.05) is 44.7 Å². The molecular weight excluding hydrogens is 352 g/mol. The van der Waals surface area contributed by atoms with Crippen LogP contribution in [0.2, 0.25) is 0 Å². The van der Waals surface area contributed by atoms with Gasteiger partial charge in [0.25, 0.3) is 0 Å². The summed E-state index contributed by atoms with van der Waals surface area (Å²) in [7, 11) is 0. The fraction of sp³-hybridized carbons (Fsp3) is 0.333. The van der Waals surface area contributed by atoms with Gasteiger partial charge in [0.15, 0.2) is 5.11 Å². The van der Waals surface area contributed by atoms with E-state index in [0.29, 0.717) is 5.11 Å². The van der Waals surface area contributed by atoms with Crippen LogP contribution in [0.5, 0.6) is 0 Å². The number of hydrogen-bond acceptors (Lipinski definition) is 5. The molecule has 1 saturated heterocycles. The molecule has 0 bridgehead atoms. The van der Waals surface area contributed by atoms with Crippen LogP contribution < -0.4 is 10.6 Å². The number of aromatic nitrogens is 1. The maximum atomic E-state index is 5.34. The summed E-state index contributed by atoms with van der Waals surface area (Å²) in [6, 6.07) is 14.2. The lowest BCUT2D eigenvalue weighted by Gasteiger charge is -2.26. The van der Waals surface area contributed by atoms with E-state index in [1.165, 1.54) is 4.90 Å². The predicted octanol–water partition coefficient (Wildman–Crippen LogP) is 2.85. The normalized spacial score (nSPS) is 14.9. The molecule has 25 heavy (non-hydrogen) atoms. The number of benzene rings is 1. The lowest BCUT2D eigenvalue weighted by Crippen LogP contribution is -2.42. The van der Waals surface area contributed by atoms with Crippen molar-refractivity contribution in [1.29, 1.82) is 0 Å². The minimum atomic E-state index is 0.624. The average Bonchev–Trinajstić information content (AvgIpc) is 2.65. The number of morpholine rings is 1. The number of anilines is 1. The second kappa shape index (κ2) is 9.72. The molecule has 0 radical (unpaired) electrons. The van der Waals surface area contributed by atoms with Gasteiger partial charge in [-0.15, -0.1) is 0 Å². The van der Waals surface area contributed by atoms with Gasteiger partial charge < -0.3 is 15.4 Å². The first-order chi connectivity index (χ1) is 12.3. The van der Waals surface area contributed by atoms with Gasteiger partial charge in [-0.05, 0) is 36.5 Å². The Morgan fingerprint density at radius 1 is 1.16 bits per heavy atom. The van der Waals surface area contributed by atoms with Crippen molar-refractivity contribution in [2.24, 2.45) is 0 Å². The summed E-state index contributed by atoms with van der Waals surface area (Å²) in [6.07, 6.45) is 1.81. The first-order valence-corrected chi connectivity index (χ1v) is 9.56. The number of hydrogen-bond donors (Lipinski definition) is 2. The molecule has 5 nitrogen and oxygen atoms in total. The van der Waals surface area contributed by atoms with Crippen LogP contribution in [0.1, 0.15) is 0 Å². The van der Waals surface area contributed by atoms with Crippen LogP contribution in [0.4, 0.5) is 5.69 Å². The Morgan fingerprint density at radius 3 is 2.68 bits per heavy atom. The van der Waals surface area contributed by atoms with Crippen LogP contribution in [0.15, 0.2) is 58.6 Å². The first-order valence-electron chi connectivity index (χ1n) is 8.33. The van der Waals surface area contributed by atoms with Crippen LogP contribution in [0.3, 0.4) is 0 Å². The summed E-state index contributed by atoms with van der Waals surface area (Å²) < 4.78 is 5.34. The molecule has 1 aromatic heterocycles. The van der Waals surface area contributed by atoms with Gasteiger partial charge in [0, 0.05) is 31.1 Å². The van der Waals surface area contributed by atoms with Gasteiger partial charge in [-0.1, -0.05) is 30.0 Å². The van der Waals surface area contributed by atoms with E-state index in [-0.39, 0.29) is 0 Å². The molecule has 0 aliphatic carbocycles. The van der Waals surface area contributed by atoms with Crippen LogP contribution >= 0.6 is 24.0 Å². The largest absolute Gasteiger partial charge is 0.379 e. The van der Waals surface area contributed by atoms with Gasteiger partial charge in [-0.2, -0.15) is 0 Å². The summed E-state index contributed by atoms with van der Waals surface area (Å²) >= 11 is 6.98. The fourth-order valence-electron chi connectivity index (χ4n) is 2.45. The van der Waals surface area contributed by atoms with E-state index in [1.54, 1.807) is 18.0 Å². The zero-order valence-corrected chi connectivity index (χ0v) is 15.6. The molecule has 1 aliphatic heterocycles. The Bertz CT molecular complexity index is 661. The molecule has 1 aromatic carbocycles. The number of nitrogens with zero attached hydrogens (tertiary/aromatic N) is 2. The van der Waals surface area contributed by atoms with Crippen LogP contribution in [0, 0.1) is 0 Å². The Morgan fingerprint density at radius 2 is 1.96 bits per heavy atom. The number of rotatable bonds is 6. The van der Waals surface area contributed by atoms with Crippen molar-refractivity contribution in [1.82, 2.24) is 15.2 Å². The standard InChI is InChI=1S/C18H22N4OS2/c24-18(19-8-9-22-10-12-23-13-11-22)21-15-6-7-17(20-14-15)25-16-4-2-1-3-5-16/h1-7,14H,8-13H2,(H2,19,21,24). The molecule has 0 unspecified atom stereocenters. The average molecular weight is 375 g/mol. The summed E-state index contributed by atoms with van der Waals surface area (Å²) in [5, 5.41) is 8.00. The number of ether oxygens (including phenoxy) is 1. The summed E-state index contributed by atoms with van der Waals surface area (Å²) in [5.74, 6) is 0. The molecule has 1 aliphatic rings. The summed E-state index contributed by atoms with van der Waals surface area (Å²) in [6.45, 7) is 5.42. The van der Waals surface area contributed by atoms with E-state index in [9.17, 15) is 0 Å². The molecule has 0 atom stereocenters. The number of pyridine rings is 1. The zero-order valence-electron chi connectivity index (χ0n) is 14.0. The molecule has 2 aromatic rings. The van der Waals surface area contributed by atoms with E-state index in [4.69, 9.17) is 17.0 Å². The highest BCUT2D eigenvalue weighted by Gasteiger charge is 2.09. The van der Waals surface area contributed by atoms with E-state index >= 15 is 0 Å². The van der Waals surface area contributed by atoms with Crippen molar-refractivity contribution in [3.8, 4) is 0 Å². The molecule has 0 saturated carbocycles. The molecule has 0 amide bonds.